The van der Waals surface area contributed by atoms with Crippen LogP contribution in [0, 0.1) is 5.95 Å². The molecule has 0 bridgehead atoms. The van der Waals surface area contributed by atoms with Crippen molar-refractivity contribution >= 4 is 5.91 Å². The highest BCUT2D eigenvalue weighted by atomic mass is 19.1. The minimum absolute atomic E-state index is 0.143. The Bertz CT molecular complexity index is 314. The maximum Gasteiger partial charge on any atom is 0.272 e. The molecule has 1 aromatic heterocycles. The van der Waals surface area contributed by atoms with Gasteiger partial charge in [-0.1, -0.05) is 6.07 Å². The van der Waals surface area contributed by atoms with Crippen molar-refractivity contribution in [3.05, 3.63) is 29.8 Å². The number of pyridine rings is 1. The molecule has 1 aromatic rings. The molecule has 0 aliphatic heterocycles. The van der Waals surface area contributed by atoms with Crippen LogP contribution in [0.1, 0.15) is 17.4 Å². The van der Waals surface area contributed by atoms with Crippen LogP contribution in [-0.2, 0) is 0 Å². The summed E-state index contributed by atoms with van der Waals surface area (Å²) in [6.07, 6.45) is 0. The second-order valence-corrected chi connectivity index (χ2v) is 2.66. The first-order valence-electron chi connectivity index (χ1n) is 4.03. The fourth-order valence-electron chi connectivity index (χ4n) is 0.867. The Morgan fingerprint density at radius 2 is 2.31 bits per heavy atom. The van der Waals surface area contributed by atoms with Gasteiger partial charge in [0.15, 0.2) is 0 Å². The largest absolute Gasteiger partial charge is 0.341 e. The van der Waals surface area contributed by atoms with Crippen LogP contribution in [0.2, 0.25) is 0 Å². The average Bonchev–Trinajstić information content (AvgIpc) is 2.15. The summed E-state index contributed by atoms with van der Waals surface area (Å²) >= 11 is 0. The van der Waals surface area contributed by atoms with Crippen molar-refractivity contribution in [3.8, 4) is 0 Å². The fourth-order valence-corrected chi connectivity index (χ4v) is 0.867. The van der Waals surface area contributed by atoms with Gasteiger partial charge in [0, 0.05) is 13.6 Å². The lowest BCUT2D eigenvalue weighted by molar-refractivity contribution is 0.0795. The number of halogens is 1. The molecule has 0 fully saturated rings. The van der Waals surface area contributed by atoms with Crippen molar-refractivity contribution in [2.24, 2.45) is 0 Å². The molecule has 4 heteroatoms. The molecule has 0 spiro atoms. The number of carbonyl (C=O) groups is 1. The van der Waals surface area contributed by atoms with Crippen molar-refractivity contribution in [2.45, 2.75) is 6.92 Å². The molecule has 0 aliphatic carbocycles. The molecule has 0 atom stereocenters. The van der Waals surface area contributed by atoms with Gasteiger partial charge in [0.25, 0.3) is 5.91 Å². The maximum atomic E-state index is 12.6. The second-order valence-electron chi connectivity index (χ2n) is 2.66. The van der Waals surface area contributed by atoms with E-state index in [9.17, 15) is 9.18 Å². The standard InChI is InChI=1S/C9H11FN2O/c1-3-12(2)9(13)7-5-4-6-8(10)11-7/h4-6H,3H2,1-2H3. The molecular formula is C9H11FN2O. The number of nitrogens with zero attached hydrogens (tertiary/aromatic N) is 2. The van der Waals surface area contributed by atoms with Gasteiger partial charge >= 0.3 is 0 Å². The minimum Gasteiger partial charge on any atom is -0.341 e. The van der Waals surface area contributed by atoms with Gasteiger partial charge in [-0.2, -0.15) is 4.39 Å². The number of hydrogen-bond donors (Lipinski definition) is 0. The molecule has 0 aliphatic rings. The van der Waals surface area contributed by atoms with E-state index in [0.29, 0.717) is 6.54 Å². The van der Waals surface area contributed by atoms with Crippen molar-refractivity contribution in [3.63, 3.8) is 0 Å². The maximum absolute atomic E-state index is 12.6. The molecule has 0 saturated heterocycles. The molecule has 1 rings (SSSR count). The summed E-state index contributed by atoms with van der Waals surface area (Å²) in [7, 11) is 1.65. The van der Waals surface area contributed by atoms with Crippen molar-refractivity contribution in [2.75, 3.05) is 13.6 Å². The van der Waals surface area contributed by atoms with E-state index >= 15 is 0 Å². The minimum atomic E-state index is -0.629. The third-order valence-electron chi connectivity index (χ3n) is 1.76. The second kappa shape index (κ2) is 3.98. The first-order chi connectivity index (χ1) is 6.15. The normalized spacial score (nSPS) is 9.77. The monoisotopic (exact) mass is 182 g/mol. The van der Waals surface area contributed by atoms with E-state index < -0.39 is 5.95 Å². The van der Waals surface area contributed by atoms with Crippen LogP contribution >= 0.6 is 0 Å². The molecule has 0 unspecified atom stereocenters. The number of hydrogen-bond acceptors (Lipinski definition) is 2. The zero-order valence-electron chi connectivity index (χ0n) is 7.62. The highest BCUT2D eigenvalue weighted by molar-refractivity contribution is 5.91. The summed E-state index contributed by atoms with van der Waals surface area (Å²) in [4.78, 5) is 16.4. The van der Waals surface area contributed by atoms with Gasteiger partial charge in [-0.3, -0.25) is 4.79 Å². The van der Waals surface area contributed by atoms with E-state index in [1.807, 2.05) is 6.92 Å². The Morgan fingerprint density at radius 1 is 1.62 bits per heavy atom. The quantitative estimate of drug-likeness (QED) is 0.646. The SMILES string of the molecule is CCN(C)C(=O)c1cccc(F)n1. The van der Waals surface area contributed by atoms with Crippen LogP contribution in [0.3, 0.4) is 0 Å². The van der Waals surface area contributed by atoms with Crippen LogP contribution in [0.15, 0.2) is 18.2 Å². The molecule has 0 N–H and O–H groups in total. The van der Waals surface area contributed by atoms with Gasteiger partial charge in [-0.25, -0.2) is 4.98 Å². The predicted octanol–water partition coefficient (Wildman–Crippen LogP) is 1.31. The van der Waals surface area contributed by atoms with E-state index in [0.717, 1.165) is 0 Å². The molecule has 1 amide bonds. The topological polar surface area (TPSA) is 33.2 Å². The summed E-state index contributed by atoms with van der Waals surface area (Å²) < 4.78 is 12.6. The van der Waals surface area contributed by atoms with Gasteiger partial charge < -0.3 is 4.90 Å². The molecule has 3 nitrogen and oxygen atoms in total. The Morgan fingerprint density at radius 3 is 2.85 bits per heavy atom. The van der Waals surface area contributed by atoms with Gasteiger partial charge in [0.2, 0.25) is 5.95 Å². The summed E-state index contributed by atoms with van der Waals surface area (Å²) in [5.41, 5.74) is 0.143. The Labute approximate surface area is 76.2 Å². The zero-order valence-corrected chi connectivity index (χ0v) is 7.62. The summed E-state index contributed by atoms with van der Waals surface area (Å²) in [6.45, 7) is 2.42. The lowest BCUT2D eigenvalue weighted by atomic mass is 10.3. The first-order valence-corrected chi connectivity index (χ1v) is 4.03. The highest BCUT2D eigenvalue weighted by Crippen LogP contribution is 2.01. The first kappa shape index (κ1) is 9.64. The van der Waals surface area contributed by atoms with Crippen LogP contribution in [0.5, 0.6) is 0 Å². The number of rotatable bonds is 2. The third kappa shape index (κ3) is 2.24. The predicted molar refractivity (Wildman–Crippen MR) is 46.8 cm³/mol. The summed E-state index contributed by atoms with van der Waals surface area (Å²) in [6, 6.07) is 4.18. The van der Waals surface area contributed by atoms with Crippen LogP contribution in [0.4, 0.5) is 4.39 Å². The highest BCUT2D eigenvalue weighted by Gasteiger charge is 2.11. The van der Waals surface area contributed by atoms with Crippen molar-refractivity contribution < 1.29 is 9.18 Å². The molecule has 1 heterocycles. The molecule has 13 heavy (non-hydrogen) atoms. The Hall–Kier alpha value is -1.45. The van der Waals surface area contributed by atoms with Crippen LogP contribution in [0.25, 0.3) is 0 Å². The smallest absolute Gasteiger partial charge is 0.272 e. The zero-order chi connectivity index (χ0) is 9.84. The Kier molecular flexibility index (Phi) is 2.95. The van der Waals surface area contributed by atoms with E-state index in [1.54, 1.807) is 7.05 Å². The number of aromatic nitrogens is 1. The van der Waals surface area contributed by atoms with Gasteiger partial charge in [0.05, 0.1) is 0 Å². The van der Waals surface area contributed by atoms with Gasteiger partial charge in [0.1, 0.15) is 5.69 Å². The van der Waals surface area contributed by atoms with Crippen molar-refractivity contribution in [1.82, 2.24) is 9.88 Å². The summed E-state index contributed by atoms with van der Waals surface area (Å²) in [5, 5.41) is 0. The van der Waals surface area contributed by atoms with E-state index in [4.69, 9.17) is 0 Å². The van der Waals surface area contributed by atoms with Gasteiger partial charge in [-0.15, -0.1) is 0 Å². The molecule has 70 valence electrons. The van der Waals surface area contributed by atoms with E-state index in [1.165, 1.54) is 23.1 Å². The van der Waals surface area contributed by atoms with Crippen LogP contribution in [-0.4, -0.2) is 29.4 Å². The van der Waals surface area contributed by atoms with Crippen LogP contribution < -0.4 is 0 Å². The van der Waals surface area contributed by atoms with E-state index in [2.05, 4.69) is 4.98 Å². The molecule has 0 radical (unpaired) electrons. The van der Waals surface area contributed by atoms with Gasteiger partial charge in [-0.05, 0) is 19.1 Å². The lowest BCUT2D eigenvalue weighted by Crippen LogP contribution is -2.27. The Balaban J connectivity index is 2.89. The fraction of sp³-hybridized carbons (Fsp3) is 0.333. The molecule has 0 aromatic carbocycles. The molecular weight excluding hydrogens is 171 g/mol. The average molecular weight is 182 g/mol. The number of amides is 1. The van der Waals surface area contributed by atoms with Crippen molar-refractivity contribution in [1.29, 1.82) is 0 Å². The third-order valence-corrected chi connectivity index (χ3v) is 1.76. The molecule has 0 saturated carbocycles. The summed E-state index contributed by atoms with van der Waals surface area (Å²) in [5.74, 6) is -0.891. The lowest BCUT2D eigenvalue weighted by Gasteiger charge is -2.13. The van der Waals surface area contributed by atoms with E-state index in [-0.39, 0.29) is 11.6 Å². The number of carbonyl (C=O) groups excluding carboxylic acids is 1.